The van der Waals surface area contributed by atoms with E-state index in [9.17, 15) is 0 Å². The lowest BCUT2D eigenvalue weighted by atomic mass is 10.1. The Morgan fingerprint density at radius 1 is 1.11 bits per heavy atom. The number of nitrogens with zero attached hydrogens (tertiary/aromatic N) is 2. The minimum absolute atomic E-state index is 0.578. The molecule has 0 aromatic heterocycles. The Bertz CT molecular complexity index is 413. The van der Waals surface area contributed by atoms with Crippen LogP contribution in [0.15, 0.2) is 41.7 Å². The third-order valence-corrected chi connectivity index (χ3v) is 3.41. The molecule has 3 N–H and O–H groups in total. The Morgan fingerprint density at radius 3 is 2.50 bits per heavy atom. The smallest absolute Gasteiger partial charge is 0.0649 e. The van der Waals surface area contributed by atoms with E-state index in [2.05, 4.69) is 40.8 Å². The summed E-state index contributed by atoms with van der Waals surface area (Å²) < 4.78 is 0. The highest BCUT2D eigenvalue weighted by Crippen LogP contribution is 2.19. The molecule has 0 fully saturated rings. The molecular weight excluding hydrogens is 224 g/mol. The van der Waals surface area contributed by atoms with Crippen molar-refractivity contribution in [3.05, 3.63) is 47.3 Å². The van der Waals surface area contributed by atoms with Gasteiger partial charge in [0.15, 0.2) is 0 Å². The van der Waals surface area contributed by atoms with Crippen LogP contribution in [0.5, 0.6) is 0 Å². The molecule has 18 heavy (non-hydrogen) atoms. The fraction of sp³-hybridized carbons (Fsp3) is 0.429. The van der Waals surface area contributed by atoms with E-state index in [1.165, 1.54) is 17.0 Å². The number of nitrogens with one attached hydrogen (secondary N) is 1. The van der Waals surface area contributed by atoms with Gasteiger partial charge in [0, 0.05) is 20.6 Å². The molecule has 0 bridgehead atoms. The van der Waals surface area contributed by atoms with Crippen LogP contribution in [0, 0.1) is 0 Å². The van der Waals surface area contributed by atoms with E-state index in [1.54, 1.807) is 0 Å². The molecule has 0 saturated heterocycles. The summed E-state index contributed by atoms with van der Waals surface area (Å²) in [5, 5.41) is 4.04. The first-order chi connectivity index (χ1) is 8.72. The zero-order valence-electron chi connectivity index (χ0n) is 11.2. The van der Waals surface area contributed by atoms with Crippen LogP contribution in [0.1, 0.15) is 18.4 Å². The van der Waals surface area contributed by atoms with Crippen LogP contribution in [0.4, 0.5) is 0 Å². The molecule has 0 aliphatic carbocycles. The van der Waals surface area contributed by atoms with Gasteiger partial charge in [-0.1, -0.05) is 30.3 Å². The topological polar surface area (TPSA) is 44.5 Å². The van der Waals surface area contributed by atoms with Gasteiger partial charge in [-0.05, 0) is 24.8 Å². The molecule has 1 aliphatic rings. The van der Waals surface area contributed by atoms with Gasteiger partial charge in [-0.15, -0.1) is 5.12 Å². The molecule has 1 aromatic carbocycles. The van der Waals surface area contributed by atoms with Crippen molar-refractivity contribution in [3.63, 3.8) is 0 Å². The number of nitrogens with two attached hydrogens (primary N) is 1. The van der Waals surface area contributed by atoms with Crippen molar-refractivity contribution in [2.24, 2.45) is 5.73 Å². The first-order valence-electron chi connectivity index (χ1n) is 6.42. The van der Waals surface area contributed by atoms with Gasteiger partial charge in [0.25, 0.3) is 0 Å². The summed E-state index contributed by atoms with van der Waals surface area (Å²) in [5.74, 6) is 0. The molecule has 2 rings (SSSR count). The normalized spacial score (nSPS) is 16.3. The number of hydrogen-bond donors (Lipinski definition) is 2. The summed E-state index contributed by atoms with van der Waals surface area (Å²) in [6, 6.07) is 10.6. The molecule has 1 aliphatic heterocycles. The molecule has 0 unspecified atom stereocenters. The molecule has 0 saturated carbocycles. The predicted molar refractivity (Wildman–Crippen MR) is 74.1 cm³/mol. The Labute approximate surface area is 109 Å². The second-order valence-electron chi connectivity index (χ2n) is 4.63. The largest absolute Gasteiger partial charge is 0.325 e. The quantitative estimate of drug-likeness (QED) is 0.826. The van der Waals surface area contributed by atoms with Gasteiger partial charge in [-0.2, -0.15) is 0 Å². The number of allylic oxidation sites excluding steroid dienone is 1. The fourth-order valence-electron chi connectivity index (χ4n) is 2.28. The van der Waals surface area contributed by atoms with Crippen LogP contribution < -0.4 is 11.2 Å². The monoisotopic (exact) mass is 246 g/mol. The van der Waals surface area contributed by atoms with E-state index in [-0.39, 0.29) is 0 Å². The Kier molecular flexibility index (Phi) is 4.23. The average Bonchev–Trinajstić information content (AvgIpc) is 2.66. The molecule has 0 amide bonds. The second-order valence-corrected chi connectivity index (χ2v) is 4.63. The highest BCUT2D eigenvalue weighted by atomic mass is 15.8. The number of aryl methyl sites for hydroxylation is 1. The molecule has 0 radical (unpaired) electrons. The fourth-order valence-corrected chi connectivity index (χ4v) is 2.28. The zero-order chi connectivity index (χ0) is 13.0. The maximum atomic E-state index is 5.79. The number of likely N-dealkylation sites (N-methyl/N-ethyl adjacent to an activating group) is 1. The van der Waals surface area contributed by atoms with Crippen LogP contribution in [0.3, 0.4) is 0 Å². The molecule has 1 aromatic rings. The molecular formula is C14H22N4. The zero-order valence-corrected chi connectivity index (χ0v) is 11.2. The third-order valence-electron chi connectivity index (χ3n) is 3.41. The number of hydrogen-bond acceptors (Lipinski definition) is 4. The Balaban J connectivity index is 1.88. The van der Waals surface area contributed by atoms with E-state index in [4.69, 9.17) is 5.73 Å². The highest BCUT2D eigenvalue weighted by Gasteiger charge is 2.21. The Morgan fingerprint density at radius 2 is 1.83 bits per heavy atom. The summed E-state index contributed by atoms with van der Waals surface area (Å²) in [5.41, 5.74) is 13.0. The molecule has 0 spiro atoms. The van der Waals surface area contributed by atoms with Crippen molar-refractivity contribution in [1.82, 2.24) is 15.6 Å². The SMILES string of the molecule is CN1NC(CCCc2ccccc2)=C(CN)N1C. The number of benzene rings is 1. The molecule has 4 heteroatoms. The maximum absolute atomic E-state index is 5.79. The van der Waals surface area contributed by atoms with Crippen molar-refractivity contribution in [1.29, 1.82) is 0 Å². The van der Waals surface area contributed by atoms with Crippen LogP contribution in [0.25, 0.3) is 0 Å². The van der Waals surface area contributed by atoms with Gasteiger partial charge in [-0.3, -0.25) is 5.01 Å². The van der Waals surface area contributed by atoms with Gasteiger partial charge in [0.2, 0.25) is 0 Å². The minimum atomic E-state index is 0.578. The van der Waals surface area contributed by atoms with Gasteiger partial charge < -0.3 is 11.2 Å². The van der Waals surface area contributed by atoms with Crippen LogP contribution >= 0.6 is 0 Å². The summed E-state index contributed by atoms with van der Waals surface area (Å²) in [7, 11) is 4.03. The van der Waals surface area contributed by atoms with Gasteiger partial charge in [-0.25, -0.2) is 0 Å². The van der Waals surface area contributed by atoms with Crippen molar-refractivity contribution in [2.75, 3.05) is 20.6 Å². The van der Waals surface area contributed by atoms with Gasteiger partial charge in [0.1, 0.15) is 0 Å². The number of hydrazine groups is 2. The predicted octanol–water partition coefficient (Wildman–Crippen LogP) is 1.48. The minimum Gasteiger partial charge on any atom is -0.325 e. The van der Waals surface area contributed by atoms with E-state index in [0.717, 1.165) is 19.3 Å². The average molecular weight is 246 g/mol. The lowest BCUT2D eigenvalue weighted by Gasteiger charge is -2.22. The summed E-state index contributed by atoms with van der Waals surface area (Å²) >= 11 is 0. The maximum Gasteiger partial charge on any atom is 0.0649 e. The van der Waals surface area contributed by atoms with Gasteiger partial charge >= 0.3 is 0 Å². The second kappa shape index (κ2) is 5.89. The number of rotatable bonds is 5. The van der Waals surface area contributed by atoms with E-state index >= 15 is 0 Å². The summed E-state index contributed by atoms with van der Waals surface area (Å²) in [4.78, 5) is 0. The first-order valence-corrected chi connectivity index (χ1v) is 6.42. The standard InChI is InChI=1S/C14H22N4/c1-17-14(11-15)13(16-18(17)2)10-6-9-12-7-4-3-5-8-12/h3-5,7-8,16H,6,9-11,15H2,1-2H3. The van der Waals surface area contributed by atoms with Crippen molar-refractivity contribution >= 4 is 0 Å². The van der Waals surface area contributed by atoms with Crippen molar-refractivity contribution in [3.8, 4) is 0 Å². The van der Waals surface area contributed by atoms with E-state index in [1.807, 2.05) is 19.2 Å². The summed E-state index contributed by atoms with van der Waals surface area (Å²) in [6.45, 7) is 0.578. The molecule has 1 heterocycles. The van der Waals surface area contributed by atoms with Gasteiger partial charge in [0.05, 0.1) is 11.4 Å². The molecule has 4 nitrogen and oxygen atoms in total. The lowest BCUT2D eigenvalue weighted by molar-refractivity contribution is 0.0509. The highest BCUT2D eigenvalue weighted by molar-refractivity contribution is 5.17. The van der Waals surface area contributed by atoms with Crippen molar-refractivity contribution in [2.45, 2.75) is 19.3 Å². The van der Waals surface area contributed by atoms with Crippen LogP contribution in [0.2, 0.25) is 0 Å². The van der Waals surface area contributed by atoms with E-state index in [0.29, 0.717) is 6.54 Å². The third kappa shape index (κ3) is 2.83. The summed E-state index contributed by atoms with van der Waals surface area (Å²) in [6.07, 6.45) is 3.28. The van der Waals surface area contributed by atoms with E-state index < -0.39 is 0 Å². The van der Waals surface area contributed by atoms with Crippen LogP contribution in [-0.2, 0) is 6.42 Å². The lowest BCUT2D eigenvalue weighted by Crippen LogP contribution is -2.38. The van der Waals surface area contributed by atoms with Crippen molar-refractivity contribution < 1.29 is 0 Å². The Hall–Kier alpha value is -1.52. The molecule has 98 valence electrons. The van der Waals surface area contributed by atoms with Crippen LogP contribution in [-0.4, -0.2) is 30.8 Å². The first kappa shape index (κ1) is 12.9. The molecule has 0 atom stereocenters.